The molecule has 0 radical (unpaired) electrons. The molecule has 7 heteroatoms. The molecule has 0 aliphatic carbocycles. The van der Waals surface area contributed by atoms with Gasteiger partial charge >= 0.3 is 0 Å². The molecule has 0 spiro atoms. The zero-order valence-corrected chi connectivity index (χ0v) is 11.6. The van der Waals surface area contributed by atoms with Crippen LogP contribution in [0.5, 0.6) is 0 Å². The van der Waals surface area contributed by atoms with Crippen LogP contribution in [-0.2, 0) is 0 Å². The molecule has 0 fully saturated rings. The highest BCUT2D eigenvalue weighted by molar-refractivity contribution is 8.01. The second-order valence-corrected chi connectivity index (χ2v) is 5.88. The predicted molar refractivity (Wildman–Crippen MR) is 72.9 cm³/mol. The molecule has 5 nitrogen and oxygen atoms in total. The molecule has 94 valence electrons. The van der Waals surface area contributed by atoms with Crippen molar-refractivity contribution in [2.45, 2.75) is 9.24 Å². The number of nitrogens with zero attached hydrogens (tertiary/aromatic N) is 3. The average Bonchev–Trinajstić information content (AvgIpc) is 2.81. The largest absolute Gasteiger partial charge is 0.399 e. The van der Waals surface area contributed by atoms with E-state index in [1.54, 1.807) is 37.8 Å². The molecule has 0 aliphatic rings. The summed E-state index contributed by atoms with van der Waals surface area (Å²) in [6.45, 7) is 0. The van der Waals surface area contributed by atoms with Gasteiger partial charge in [-0.05, 0) is 18.2 Å². The van der Waals surface area contributed by atoms with Gasteiger partial charge in [0.15, 0.2) is 4.34 Å². The highest BCUT2D eigenvalue weighted by atomic mass is 32.2. The summed E-state index contributed by atoms with van der Waals surface area (Å²) in [7, 11) is 3.44. The Labute approximate surface area is 113 Å². The van der Waals surface area contributed by atoms with Crippen molar-refractivity contribution in [3.63, 3.8) is 0 Å². The predicted octanol–water partition coefficient (Wildman–Crippen LogP) is 1.97. The van der Waals surface area contributed by atoms with E-state index in [2.05, 4.69) is 10.2 Å². The quantitative estimate of drug-likeness (QED) is 0.870. The summed E-state index contributed by atoms with van der Waals surface area (Å²) in [5.74, 6) is -0.0537. The van der Waals surface area contributed by atoms with Crippen LogP contribution in [0.25, 0.3) is 0 Å². The fourth-order valence-electron chi connectivity index (χ4n) is 1.34. The summed E-state index contributed by atoms with van der Waals surface area (Å²) in [5, 5.41) is 7.72. The molecule has 1 amide bonds. The zero-order valence-electron chi connectivity index (χ0n) is 9.95. The van der Waals surface area contributed by atoms with E-state index < -0.39 is 0 Å². The number of aromatic nitrogens is 2. The first-order valence-electron chi connectivity index (χ1n) is 5.13. The Kier molecular flexibility index (Phi) is 3.83. The van der Waals surface area contributed by atoms with Gasteiger partial charge in [-0.3, -0.25) is 4.79 Å². The number of amides is 1. The number of benzene rings is 1. The second kappa shape index (κ2) is 5.36. The SMILES string of the molecule is CN(C)C(=O)c1ccc(N)cc1Sc1nncs1. The summed E-state index contributed by atoms with van der Waals surface area (Å²) in [6.07, 6.45) is 0. The molecule has 0 unspecified atom stereocenters. The standard InChI is InChI=1S/C11H12N4OS2/c1-15(2)10(16)8-4-3-7(12)5-9(8)18-11-14-13-6-17-11/h3-6H,12H2,1-2H3. The minimum Gasteiger partial charge on any atom is -0.399 e. The lowest BCUT2D eigenvalue weighted by Crippen LogP contribution is -2.22. The van der Waals surface area contributed by atoms with E-state index in [0.717, 1.165) is 9.24 Å². The molecular weight excluding hydrogens is 268 g/mol. The molecule has 0 atom stereocenters. The number of carbonyl (C=O) groups excluding carboxylic acids is 1. The lowest BCUT2D eigenvalue weighted by Gasteiger charge is -2.13. The first-order chi connectivity index (χ1) is 8.58. The Morgan fingerprint density at radius 1 is 1.44 bits per heavy atom. The Morgan fingerprint density at radius 2 is 2.22 bits per heavy atom. The van der Waals surface area contributed by atoms with Gasteiger partial charge in [-0.15, -0.1) is 10.2 Å². The lowest BCUT2D eigenvalue weighted by atomic mass is 10.2. The number of rotatable bonds is 3. The van der Waals surface area contributed by atoms with Crippen LogP contribution in [0.4, 0.5) is 5.69 Å². The highest BCUT2D eigenvalue weighted by Gasteiger charge is 2.15. The molecule has 0 saturated carbocycles. The van der Waals surface area contributed by atoms with Crippen molar-refractivity contribution in [2.75, 3.05) is 19.8 Å². The van der Waals surface area contributed by atoms with Gasteiger partial charge in [0.2, 0.25) is 0 Å². The molecule has 18 heavy (non-hydrogen) atoms. The maximum atomic E-state index is 12.0. The van der Waals surface area contributed by atoms with Crippen molar-refractivity contribution in [2.24, 2.45) is 0 Å². The summed E-state index contributed by atoms with van der Waals surface area (Å²) >= 11 is 2.83. The first kappa shape index (κ1) is 12.8. The number of hydrogen-bond donors (Lipinski definition) is 1. The Bertz CT molecular complexity index is 554. The molecule has 2 rings (SSSR count). The Morgan fingerprint density at radius 3 is 2.83 bits per heavy atom. The van der Waals surface area contributed by atoms with E-state index in [4.69, 9.17) is 5.73 Å². The van der Waals surface area contributed by atoms with Gasteiger partial charge in [0.05, 0.1) is 5.56 Å². The highest BCUT2D eigenvalue weighted by Crippen LogP contribution is 2.33. The van der Waals surface area contributed by atoms with Gasteiger partial charge in [-0.1, -0.05) is 23.1 Å². The first-order valence-corrected chi connectivity index (χ1v) is 6.82. The molecule has 0 saturated heterocycles. The molecule has 2 N–H and O–H groups in total. The van der Waals surface area contributed by atoms with Gasteiger partial charge in [-0.2, -0.15) is 0 Å². The van der Waals surface area contributed by atoms with Crippen LogP contribution in [-0.4, -0.2) is 35.1 Å². The molecule has 1 heterocycles. The van der Waals surface area contributed by atoms with E-state index in [1.165, 1.54) is 28.0 Å². The third-order valence-electron chi connectivity index (χ3n) is 2.18. The number of nitrogens with two attached hydrogens (primary N) is 1. The number of hydrogen-bond acceptors (Lipinski definition) is 6. The van der Waals surface area contributed by atoms with Gasteiger partial charge in [0, 0.05) is 24.7 Å². The summed E-state index contributed by atoms with van der Waals surface area (Å²) in [6, 6.07) is 5.24. The Hall–Kier alpha value is -1.60. The lowest BCUT2D eigenvalue weighted by molar-refractivity contribution is 0.0824. The van der Waals surface area contributed by atoms with Gasteiger partial charge in [0.1, 0.15) is 5.51 Å². The summed E-state index contributed by atoms with van der Waals surface area (Å²) < 4.78 is 0.786. The molecule has 1 aromatic carbocycles. The van der Waals surface area contributed by atoms with E-state index in [1.807, 2.05) is 0 Å². The number of anilines is 1. The average molecular weight is 280 g/mol. The maximum Gasteiger partial charge on any atom is 0.254 e. The minimum atomic E-state index is -0.0537. The number of carbonyl (C=O) groups is 1. The molecule has 0 aliphatic heterocycles. The van der Waals surface area contributed by atoms with Crippen LogP contribution in [0, 0.1) is 0 Å². The van der Waals surface area contributed by atoms with Crippen molar-refractivity contribution in [1.29, 1.82) is 0 Å². The van der Waals surface area contributed by atoms with Gasteiger partial charge in [-0.25, -0.2) is 0 Å². The van der Waals surface area contributed by atoms with E-state index in [9.17, 15) is 4.79 Å². The normalized spacial score (nSPS) is 10.3. The fraction of sp³-hybridized carbons (Fsp3) is 0.182. The van der Waals surface area contributed by atoms with Crippen molar-refractivity contribution >= 4 is 34.7 Å². The topological polar surface area (TPSA) is 72.1 Å². The third-order valence-corrected chi connectivity index (χ3v) is 4.02. The summed E-state index contributed by atoms with van der Waals surface area (Å²) in [4.78, 5) is 14.4. The van der Waals surface area contributed by atoms with Crippen LogP contribution in [0.1, 0.15) is 10.4 Å². The molecule has 2 aromatic rings. The van der Waals surface area contributed by atoms with E-state index >= 15 is 0 Å². The van der Waals surface area contributed by atoms with Crippen molar-refractivity contribution in [3.8, 4) is 0 Å². The van der Waals surface area contributed by atoms with Gasteiger partial charge in [0.25, 0.3) is 5.91 Å². The fourth-order valence-corrected chi connectivity index (χ4v) is 2.95. The van der Waals surface area contributed by atoms with Crippen LogP contribution >= 0.6 is 23.1 Å². The van der Waals surface area contributed by atoms with Crippen LogP contribution < -0.4 is 5.73 Å². The van der Waals surface area contributed by atoms with Crippen LogP contribution in [0.2, 0.25) is 0 Å². The minimum absolute atomic E-state index is 0.0537. The zero-order chi connectivity index (χ0) is 13.1. The second-order valence-electron chi connectivity index (χ2n) is 3.76. The Balaban J connectivity index is 2.38. The van der Waals surface area contributed by atoms with Crippen LogP contribution in [0.15, 0.2) is 32.9 Å². The van der Waals surface area contributed by atoms with E-state index in [0.29, 0.717) is 11.3 Å². The third kappa shape index (κ3) is 2.80. The van der Waals surface area contributed by atoms with Crippen LogP contribution in [0.3, 0.4) is 0 Å². The molecule has 0 bridgehead atoms. The maximum absolute atomic E-state index is 12.0. The van der Waals surface area contributed by atoms with E-state index in [-0.39, 0.29) is 5.91 Å². The van der Waals surface area contributed by atoms with Gasteiger partial charge < -0.3 is 10.6 Å². The summed E-state index contributed by atoms with van der Waals surface area (Å²) in [5.41, 5.74) is 8.66. The van der Waals surface area contributed by atoms with Crippen molar-refractivity contribution < 1.29 is 4.79 Å². The van der Waals surface area contributed by atoms with Crippen molar-refractivity contribution in [1.82, 2.24) is 15.1 Å². The smallest absolute Gasteiger partial charge is 0.254 e. The van der Waals surface area contributed by atoms with Crippen molar-refractivity contribution in [3.05, 3.63) is 29.3 Å². The number of nitrogen functional groups attached to an aromatic ring is 1. The molecule has 1 aromatic heterocycles. The molecular formula is C11H12N4OS2. The monoisotopic (exact) mass is 280 g/mol.